The number of benzene rings is 9. The van der Waals surface area contributed by atoms with Crippen LogP contribution in [0.15, 0.2) is 176 Å². The molecule has 4 unspecified atom stereocenters. The number of anilines is 10. The van der Waals surface area contributed by atoms with Crippen LogP contribution in [0.5, 0.6) is 23.0 Å². The first-order valence-corrected chi connectivity index (χ1v) is 29.4. The zero-order valence-electron chi connectivity index (χ0n) is 45.2. The fourth-order valence-corrected chi connectivity index (χ4v) is 18.5. The van der Waals surface area contributed by atoms with Gasteiger partial charge in [0, 0.05) is 67.7 Å². The van der Waals surface area contributed by atoms with Crippen molar-refractivity contribution in [2.75, 3.05) is 19.6 Å². The summed E-state index contributed by atoms with van der Waals surface area (Å²) in [5, 5.41) is 0. The summed E-state index contributed by atoms with van der Waals surface area (Å²) in [7, 11) is 0. The topological polar surface area (TPSA) is 31.4 Å². The van der Waals surface area contributed by atoms with Crippen LogP contribution in [0.25, 0.3) is 0 Å². The molecule has 2 fully saturated rings. The summed E-state index contributed by atoms with van der Waals surface area (Å²) < 4.78 is 14.1. The molecule has 378 valence electrons. The van der Waals surface area contributed by atoms with E-state index in [1.807, 2.05) is 0 Å². The number of hydrogen-bond donors (Lipinski definition) is 0. The summed E-state index contributed by atoms with van der Waals surface area (Å²) in [4.78, 5) is 10.9. The Morgan fingerprint density at radius 3 is 1.22 bits per heavy atom. The van der Waals surface area contributed by atoms with Crippen LogP contribution in [-0.2, 0) is 10.8 Å². The summed E-state index contributed by atoms with van der Waals surface area (Å²) >= 11 is 0. The van der Waals surface area contributed by atoms with Gasteiger partial charge in [0.05, 0.1) is 11.1 Å². The van der Waals surface area contributed by atoms with Crippen LogP contribution < -0.4 is 78.2 Å². The van der Waals surface area contributed by atoms with Gasteiger partial charge in [0.15, 0.2) is 0 Å². The van der Waals surface area contributed by atoms with Gasteiger partial charge in [-0.25, -0.2) is 0 Å². The third-order valence-electron chi connectivity index (χ3n) is 22.4. The monoisotopic (exact) mass is 1020 g/mol. The molecule has 6 nitrogen and oxygen atoms in total. The Bertz CT molecular complexity index is 4000. The summed E-state index contributed by atoms with van der Waals surface area (Å²) in [6, 6.07) is 67.6. The minimum Gasteiger partial charge on any atom is -0.458 e. The Balaban J connectivity index is 0.941. The highest BCUT2D eigenvalue weighted by Crippen LogP contribution is 2.64. The quantitative estimate of drug-likeness (QED) is 0.160. The van der Waals surface area contributed by atoms with Gasteiger partial charge in [-0.1, -0.05) is 143 Å². The molecule has 0 aromatic heterocycles. The third kappa shape index (κ3) is 5.01. The average molecular weight is 1020 g/mol. The van der Waals surface area contributed by atoms with Crippen LogP contribution in [0.2, 0.25) is 0 Å². The highest BCUT2D eigenvalue weighted by Gasteiger charge is 2.64. The van der Waals surface area contributed by atoms with E-state index in [2.05, 4.69) is 223 Å². The van der Waals surface area contributed by atoms with Crippen LogP contribution in [0.3, 0.4) is 0 Å². The molecule has 0 amide bonds. The van der Waals surface area contributed by atoms with E-state index in [1.54, 1.807) is 0 Å². The molecule has 9 aromatic carbocycles. The van der Waals surface area contributed by atoms with Gasteiger partial charge in [0.25, 0.3) is 20.1 Å². The number of fused-ring (bicyclic) bond motifs is 20. The van der Waals surface area contributed by atoms with Gasteiger partial charge in [-0.05, 0) is 173 Å². The minimum absolute atomic E-state index is 0.00315. The lowest BCUT2D eigenvalue weighted by Gasteiger charge is -2.53. The van der Waals surface area contributed by atoms with Crippen molar-refractivity contribution in [1.82, 2.24) is 0 Å². The molecule has 0 spiro atoms. The molecule has 0 bridgehead atoms. The molecule has 0 radical (unpaired) electrons. The van der Waals surface area contributed by atoms with E-state index < -0.39 is 0 Å². The highest BCUT2D eigenvalue weighted by atomic mass is 16.5. The minimum atomic E-state index is -0.132. The molecule has 19 rings (SSSR count). The van der Waals surface area contributed by atoms with E-state index in [9.17, 15) is 0 Å². The number of nitrogens with zero attached hydrogens (tertiary/aromatic N) is 4. The molecular formula is C70H57B3N4O2. The zero-order chi connectivity index (χ0) is 52.1. The molecule has 0 N–H and O–H groups in total. The summed E-state index contributed by atoms with van der Waals surface area (Å²) in [5.74, 6) is 3.91. The first-order valence-electron chi connectivity index (χ1n) is 29.4. The molecule has 9 aromatic rings. The summed E-state index contributed by atoms with van der Waals surface area (Å²) in [5.41, 5.74) is 27.4. The van der Waals surface area contributed by atoms with Crippen molar-refractivity contribution in [1.29, 1.82) is 0 Å². The molecule has 2 saturated carbocycles. The van der Waals surface area contributed by atoms with Gasteiger partial charge in [-0.3, -0.25) is 0 Å². The van der Waals surface area contributed by atoms with E-state index in [1.165, 1.54) is 156 Å². The molecule has 8 heterocycles. The Morgan fingerprint density at radius 1 is 0.342 bits per heavy atom. The van der Waals surface area contributed by atoms with Crippen LogP contribution in [0.1, 0.15) is 90.2 Å². The van der Waals surface area contributed by atoms with Crippen LogP contribution >= 0.6 is 0 Å². The van der Waals surface area contributed by atoms with E-state index in [0.717, 1.165) is 35.8 Å². The maximum atomic E-state index is 7.04. The van der Waals surface area contributed by atoms with Crippen molar-refractivity contribution in [2.24, 2.45) is 0 Å². The van der Waals surface area contributed by atoms with Crippen molar-refractivity contribution in [2.45, 2.75) is 101 Å². The lowest BCUT2D eigenvalue weighted by Crippen LogP contribution is -2.67. The van der Waals surface area contributed by atoms with Gasteiger partial charge in [-0.15, -0.1) is 0 Å². The summed E-state index contributed by atoms with van der Waals surface area (Å²) in [6.45, 7) is 10.2. The van der Waals surface area contributed by atoms with Crippen molar-refractivity contribution in [3.05, 3.63) is 187 Å². The molecule has 4 atom stereocenters. The van der Waals surface area contributed by atoms with Crippen LogP contribution in [0, 0.1) is 0 Å². The smallest absolute Gasteiger partial charge is 0.256 e. The molecule has 0 saturated heterocycles. The van der Waals surface area contributed by atoms with E-state index >= 15 is 0 Å². The fourth-order valence-electron chi connectivity index (χ4n) is 18.5. The average Bonchev–Trinajstić information content (AvgIpc) is 2.06. The Hall–Kier alpha value is -8.03. The van der Waals surface area contributed by atoms with Gasteiger partial charge in [0.1, 0.15) is 23.0 Å². The SMILES string of the molecule is CC12CCCCC1(C)N1c3cc4c(cc3B3c5ccccc5Oc5ccc2c1c53)B1c2cc3c(cc2N(c2ccccc2)c2cccc(c21)N4c1ccccc1)N1c2c(ccc4c2B3c2ccccc2O4)C2(C)CCCCC12C. The van der Waals surface area contributed by atoms with Crippen molar-refractivity contribution >= 4 is 126 Å². The fraction of sp³-hybridized carbons (Fsp3) is 0.229. The van der Waals surface area contributed by atoms with E-state index in [0.29, 0.717) is 0 Å². The highest BCUT2D eigenvalue weighted by molar-refractivity contribution is 7.04. The predicted octanol–water partition coefficient (Wildman–Crippen LogP) is 11.1. The Morgan fingerprint density at radius 2 is 0.747 bits per heavy atom. The van der Waals surface area contributed by atoms with Gasteiger partial charge in [-0.2, -0.15) is 0 Å². The van der Waals surface area contributed by atoms with Crippen molar-refractivity contribution < 1.29 is 9.47 Å². The second-order valence-electron chi connectivity index (χ2n) is 25.6. The maximum Gasteiger partial charge on any atom is 0.256 e. The predicted molar refractivity (Wildman–Crippen MR) is 328 cm³/mol. The van der Waals surface area contributed by atoms with Crippen LogP contribution in [-0.4, -0.2) is 31.2 Å². The van der Waals surface area contributed by atoms with Crippen molar-refractivity contribution in [3.63, 3.8) is 0 Å². The Labute approximate surface area is 463 Å². The maximum absolute atomic E-state index is 7.04. The number of hydrogen-bond acceptors (Lipinski definition) is 6. The first-order chi connectivity index (χ1) is 38.7. The third-order valence-corrected chi connectivity index (χ3v) is 22.4. The lowest BCUT2D eigenvalue weighted by molar-refractivity contribution is 0.195. The van der Waals surface area contributed by atoms with E-state index in [-0.39, 0.29) is 42.0 Å². The molecule has 10 aliphatic rings. The second kappa shape index (κ2) is 14.6. The van der Waals surface area contributed by atoms with E-state index in [4.69, 9.17) is 9.47 Å². The lowest BCUT2D eigenvalue weighted by atomic mass is 9.29. The van der Waals surface area contributed by atoms with Crippen molar-refractivity contribution in [3.8, 4) is 23.0 Å². The number of ether oxygens (including phenoxy) is 2. The second-order valence-corrected chi connectivity index (χ2v) is 25.6. The largest absolute Gasteiger partial charge is 0.458 e. The molecule has 79 heavy (non-hydrogen) atoms. The molecule has 9 heteroatoms. The normalized spacial score (nSPS) is 24.5. The first kappa shape index (κ1) is 43.9. The van der Waals surface area contributed by atoms with Crippen LogP contribution in [0.4, 0.5) is 56.9 Å². The number of para-hydroxylation sites is 4. The van der Waals surface area contributed by atoms with Gasteiger partial charge >= 0.3 is 0 Å². The molecule has 2 aliphatic carbocycles. The Kier molecular flexibility index (Phi) is 8.12. The summed E-state index contributed by atoms with van der Waals surface area (Å²) in [6.07, 6.45) is 9.52. The van der Waals surface area contributed by atoms with Gasteiger partial charge in [0.2, 0.25) is 0 Å². The standard InChI is InChI=1S/C70H57B3N4O2/c1-67-34-15-17-36-69(67,3)76-56-40-54-48(38-50(56)71-46-24-11-13-28-58(46)78-60-32-30-44(67)65(76)63(60)71)73-49-39-51-57(41-55(49)75(43-22-9-6-10-23-43)53-27-19-26-52(62(53)73)74(54)42-20-7-5-8-21-42)77-66-45(68(2)35-16-18-37-70(68,77)4)31-33-61-64(66)72(51)47-25-12-14-29-59(47)79-61/h5-14,19-33,38-41H,15-18,34-37H2,1-4H3. The number of rotatable bonds is 2. The zero-order valence-corrected chi connectivity index (χ0v) is 45.2. The van der Waals surface area contributed by atoms with Gasteiger partial charge < -0.3 is 29.1 Å². The molecular weight excluding hydrogens is 961 g/mol. The molecule has 8 aliphatic heterocycles.